The first-order valence-electron chi connectivity index (χ1n) is 8.89. The Balaban J connectivity index is 1.33. The molecule has 0 aliphatic carbocycles. The summed E-state index contributed by atoms with van der Waals surface area (Å²) in [5.41, 5.74) is 5.57. The molecule has 6 heteroatoms. The Morgan fingerprint density at radius 1 is 0.964 bits per heavy atom. The van der Waals surface area contributed by atoms with Crippen LogP contribution in [0.3, 0.4) is 0 Å². The molecule has 4 aromatic rings. The van der Waals surface area contributed by atoms with Crippen LogP contribution in [0, 0.1) is 0 Å². The van der Waals surface area contributed by atoms with Crippen LogP contribution < -0.4 is 10.2 Å². The first kappa shape index (κ1) is 17.8. The molecule has 0 aliphatic rings. The third-order valence-corrected chi connectivity index (χ3v) is 4.14. The Bertz CT molecular complexity index is 1040. The molecule has 0 atom stereocenters. The van der Waals surface area contributed by atoms with Gasteiger partial charge < -0.3 is 9.14 Å². The number of imidazole rings is 1. The summed E-state index contributed by atoms with van der Waals surface area (Å²) in [6.07, 6.45) is 3.86. The number of carbonyl (C=O) groups excluding carboxylic acids is 1. The molecule has 0 aliphatic heterocycles. The lowest BCUT2D eigenvalue weighted by molar-refractivity contribution is 0.0233. The summed E-state index contributed by atoms with van der Waals surface area (Å²) >= 11 is 0. The number of nitrogens with one attached hydrogen (secondary N) is 1. The number of rotatable bonds is 7. The lowest BCUT2D eigenvalue weighted by Gasteiger charge is -2.08. The third-order valence-electron chi connectivity index (χ3n) is 4.14. The van der Waals surface area contributed by atoms with Crippen LogP contribution in [0.2, 0.25) is 0 Å². The van der Waals surface area contributed by atoms with E-state index in [-0.39, 0.29) is 5.91 Å². The molecular weight excluding hydrogens is 354 g/mol. The highest BCUT2D eigenvalue weighted by Crippen LogP contribution is 2.15. The molecule has 6 nitrogen and oxygen atoms in total. The predicted molar refractivity (Wildman–Crippen MR) is 105 cm³/mol. The van der Waals surface area contributed by atoms with E-state index < -0.39 is 0 Å². The van der Waals surface area contributed by atoms with Gasteiger partial charge in [-0.3, -0.25) is 9.63 Å². The summed E-state index contributed by atoms with van der Waals surface area (Å²) in [4.78, 5) is 22.1. The van der Waals surface area contributed by atoms with Crippen LogP contribution in [-0.4, -0.2) is 15.3 Å². The van der Waals surface area contributed by atoms with Crippen molar-refractivity contribution < 1.29 is 14.4 Å². The number of hydroxylamine groups is 1. The fraction of sp³-hybridized carbons (Fsp3) is 0.0909. The van der Waals surface area contributed by atoms with E-state index in [1.54, 1.807) is 24.3 Å². The number of ether oxygens (including phenoxy) is 1. The maximum Gasteiger partial charge on any atom is 0.274 e. The highest BCUT2D eigenvalue weighted by Gasteiger charge is 2.08. The molecule has 0 saturated heterocycles. The van der Waals surface area contributed by atoms with Crippen LogP contribution in [0.15, 0.2) is 85.2 Å². The Kier molecular flexibility index (Phi) is 5.31. The van der Waals surface area contributed by atoms with Gasteiger partial charge in [-0.1, -0.05) is 42.5 Å². The molecule has 0 fully saturated rings. The maximum absolute atomic E-state index is 12.3. The molecule has 1 amide bonds. The largest absolute Gasteiger partial charge is 0.487 e. The minimum absolute atomic E-state index is 0.302. The number of aromatic nitrogens is 2. The standard InChI is InChI=1S/C22H19N3O3/c26-22(24-28-15-17-7-2-1-3-8-17)18-9-6-10-20(13-18)27-16-19-14-25-12-5-4-11-21(25)23-19/h1-14H,15-16H2,(H,24,26). The Hall–Kier alpha value is -3.64. The number of fused-ring (bicyclic) bond motifs is 1. The lowest BCUT2D eigenvalue weighted by Crippen LogP contribution is -2.23. The molecule has 2 aromatic carbocycles. The van der Waals surface area contributed by atoms with Gasteiger partial charge in [0.15, 0.2) is 0 Å². The van der Waals surface area contributed by atoms with E-state index in [2.05, 4.69) is 10.5 Å². The van der Waals surface area contributed by atoms with Gasteiger partial charge in [-0.15, -0.1) is 0 Å². The second-order valence-corrected chi connectivity index (χ2v) is 6.22. The van der Waals surface area contributed by atoms with Crippen molar-refractivity contribution in [1.29, 1.82) is 0 Å². The van der Waals surface area contributed by atoms with Crippen LogP contribution in [0.5, 0.6) is 5.75 Å². The van der Waals surface area contributed by atoms with Crippen LogP contribution in [-0.2, 0) is 18.1 Å². The van der Waals surface area contributed by atoms with Crippen molar-refractivity contribution in [3.8, 4) is 5.75 Å². The SMILES string of the molecule is O=C(NOCc1ccccc1)c1cccc(OCc2cn3ccccc3n2)c1. The zero-order valence-corrected chi connectivity index (χ0v) is 15.1. The predicted octanol–water partition coefficient (Wildman–Crippen LogP) is 3.77. The first-order valence-corrected chi connectivity index (χ1v) is 8.89. The number of benzene rings is 2. The second kappa shape index (κ2) is 8.37. The van der Waals surface area contributed by atoms with Crippen molar-refractivity contribution in [2.24, 2.45) is 0 Å². The van der Waals surface area contributed by atoms with Crippen LogP contribution in [0.1, 0.15) is 21.6 Å². The van der Waals surface area contributed by atoms with Crippen molar-refractivity contribution in [3.63, 3.8) is 0 Å². The number of carbonyl (C=O) groups is 1. The number of amides is 1. The smallest absolute Gasteiger partial charge is 0.274 e. The summed E-state index contributed by atoms with van der Waals surface area (Å²) in [5, 5.41) is 0. The average molecular weight is 373 g/mol. The van der Waals surface area contributed by atoms with Gasteiger partial charge in [0.25, 0.3) is 5.91 Å². The molecule has 2 heterocycles. The van der Waals surface area contributed by atoms with E-state index in [0.29, 0.717) is 24.5 Å². The van der Waals surface area contributed by atoms with Crippen molar-refractivity contribution in [3.05, 3.63) is 102 Å². The van der Waals surface area contributed by atoms with E-state index in [1.165, 1.54) is 0 Å². The summed E-state index contributed by atoms with van der Waals surface area (Å²) in [6, 6.07) is 22.4. The molecule has 1 N–H and O–H groups in total. The molecule has 0 unspecified atom stereocenters. The van der Waals surface area contributed by atoms with Crippen LogP contribution >= 0.6 is 0 Å². The quantitative estimate of drug-likeness (QED) is 0.501. The Labute approximate surface area is 162 Å². The molecule has 0 bridgehead atoms. The summed E-state index contributed by atoms with van der Waals surface area (Å²) in [5.74, 6) is 0.266. The van der Waals surface area contributed by atoms with Gasteiger partial charge in [0, 0.05) is 18.0 Å². The van der Waals surface area contributed by atoms with Gasteiger partial charge in [-0.05, 0) is 35.9 Å². The first-order chi connectivity index (χ1) is 13.8. The highest BCUT2D eigenvalue weighted by molar-refractivity contribution is 5.93. The normalized spacial score (nSPS) is 10.7. The second-order valence-electron chi connectivity index (χ2n) is 6.22. The van der Waals surface area contributed by atoms with Crippen molar-refractivity contribution in [2.45, 2.75) is 13.2 Å². The molecule has 0 radical (unpaired) electrons. The van der Waals surface area contributed by atoms with Crippen molar-refractivity contribution in [2.75, 3.05) is 0 Å². The highest BCUT2D eigenvalue weighted by atomic mass is 16.6. The van der Waals surface area contributed by atoms with Crippen LogP contribution in [0.25, 0.3) is 5.65 Å². The van der Waals surface area contributed by atoms with Gasteiger partial charge in [-0.2, -0.15) is 0 Å². The molecular formula is C22H19N3O3. The Morgan fingerprint density at radius 2 is 1.82 bits per heavy atom. The van der Waals surface area contributed by atoms with Crippen molar-refractivity contribution in [1.82, 2.24) is 14.9 Å². The molecule has 2 aromatic heterocycles. The van der Waals surface area contributed by atoms with Gasteiger partial charge >= 0.3 is 0 Å². The number of nitrogens with zero attached hydrogens (tertiary/aromatic N) is 2. The zero-order valence-electron chi connectivity index (χ0n) is 15.1. The van der Waals surface area contributed by atoms with Gasteiger partial charge in [0.2, 0.25) is 0 Å². The minimum atomic E-state index is -0.325. The van der Waals surface area contributed by atoms with E-state index in [9.17, 15) is 4.79 Å². The van der Waals surface area contributed by atoms with E-state index in [1.807, 2.05) is 65.3 Å². The molecule has 4 rings (SSSR count). The molecule has 140 valence electrons. The summed E-state index contributed by atoms with van der Waals surface area (Å²) < 4.78 is 7.73. The third kappa shape index (κ3) is 4.36. The monoisotopic (exact) mass is 373 g/mol. The fourth-order valence-corrected chi connectivity index (χ4v) is 2.76. The molecule has 0 saturated carbocycles. The number of hydrogen-bond acceptors (Lipinski definition) is 4. The number of hydrogen-bond donors (Lipinski definition) is 1. The number of pyridine rings is 1. The zero-order chi connectivity index (χ0) is 19.2. The summed E-state index contributed by atoms with van der Waals surface area (Å²) in [7, 11) is 0. The van der Waals surface area contributed by atoms with Gasteiger partial charge in [0.1, 0.15) is 18.0 Å². The van der Waals surface area contributed by atoms with Crippen LogP contribution in [0.4, 0.5) is 0 Å². The van der Waals surface area contributed by atoms with Crippen molar-refractivity contribution >= 4 is 11.6 Å². The fourth-order valence-electron chi connectivity index (χ4n) is 2.76. The van der Waals surface area contributed by atoms with E-state index in [4.69, 9.17) is 9.57 Å². The lowest BCUT2D eigenvalue weighted by atomic mass is 10.2. The van der Waals surface area contributed by atoms with Gasteiger partial charge in [-0.25, -0.2) is 10.5 Å². The minimum Gasteiger partial charge on any atom is -0.487 e. The summed E-state index contributed by atoms with van der Waals surface area (Å²) in [6.45, 7) is 0.619. The van der Waals surface area contributed by atoms with E-state index >= 15 is 0 Å². The van der Waals surface area contributed by atoms with E-state index in [0.717, 1.165) is 16.9 Å². The average Bonchev–Trinajstić information content (AvgIpc) is 3.16. The maximum atomic E-state index is 12.3. The molecule has 28 heavy (non-hydrogen) atoms. The van der Waals surface area contributed by atoms with Gasteiger partial charge in [0.05, 0.1) is 12.3 Å². The topological polar surface area (TPSA) is 64.9 Å². The molecule has 0 spiro atoms. The Morgan fingerprint density at radius 3 is 2.68 bits per heavy atom.